The Morgan fingerprint density at radius 3 is 2.83 bits per heavy atom. The Hall–Kier alpha value is -2.65. The number of aromatic nitrogens is 3. The summed E-state index contributed by atoms with van der Waals surface area (Å²) in [5.41, 5.74) is 6.30. The van der Waals surface area contributed by atoms with Gasteiger partial charge in [-0.25, -0.2) is 4.98 Å². The summed E-state index contributed by atoms with van der Waals surface area (Å²) in [6, 6.07) is 10.5. The molecule has 0 bridgehead atoms. The second-order valence-corrected chi connectivity index (χ2v) is 6.48. The second kappa shape index (κ2) is 7.28. The van der Waals surface area contributed by atoms with E-state index in [-0.39, 0.29) is 17.5 Å². The van der Waals surface area contributed by atoms with Crippen LogP contribution in [0.5, 0.6) is 0 Å². The minimum Gasteiger partial charge on any atom is -0.385 e. The van der Waals surface area contributed by atoms with Crippen molar-refractivity contribution in [2.75, 3.05) is 16.8 Å². The van der Waals surface area contributed by atoms with Crippen LogP contribution in [0.15, 0.2) is 57.9 Å². The van der Waals surface area contributed by atoms with E-state index in [1.54, 1.807) is 16.1 Å². The molecular formula is C15H13N5O2S2. The second-order valence-electron chi connectivity index (χ2n) is 4.65. The Kier molecular flexibility index (Phi) is 4.92. The van der Waals surface area contributed by atoms with Gasteiger partial charge in [0.05, 0.1) is 5.75 Å². The highest BCUT2D eigenvalue weighted by Crippen LogP contribution is 2.22. The van der Waals surface area contributed by atoms with Crippen molar-refractivity contribution in [3.05, 3.63) is 58.3 Å². The molecule has 0 aliphatic rings. The molecule has 3 N–H and O–H groups in total. The molecule has 0 radical (unpaired) electrons. The third-order valence-electron chi connectivity index (χ3n) is 2.95. The number of carbonyl (C=O) groups is 1. The topological polar surface area (TPSA) is 103 Å². The van der Waals surface area contributed by atoms with Crippen molar-refractivity contribution < 1.29 is 4.79 Å². The molecule has 3 aromatic rings. The van der Waals surface area contributed by atoms with E-state index in [0.717, 1.165) is 17.4 Å². The maximum absolute atomic E-state index is 12.0. The van der Waals surface area contributed by atoms with Crippen molar-refractivity contribution in [1.29, 1.82) is 0 Å². The first kappa shape index (κ1) is 16.2. The lowest BCUT2D eigenvalue weighted by molar-refractivity contribution is -0.113. The number of rotatable bonds is 5. The van der Waals surface area contributed by atoms with Gasteiger partial charge in [-0.05, 0) is 12.1 Å². The summed E-state index contributed by atoms with van der Waals surface area (Å²) >= 11 is 2.47. The van der Waals surface area contributed by atoms with E-state index in [1.807, 2.05) is 30.3 Å². The van der Waals surface area contributed by atoms with E-state index in [1.165, 1.54) is 17.4 Å². The van der Waals surface area contributed by atoms with Crippen molar-refractivity contribution in [2.45, 2.75) is 5.16 Å². The molecule has 0 aliphatic heterocycles. The van der Waals surface area contributed by atoms with E-state index in [4.69, 9.17) is 5.73 Å². The van der Waals surface area contributed by atoms with E-state index in [2.05, 4.69) is 15.3 Å². The Morgan fingerprint density at radius 2 is 2.12 bits per heavy atom. The number of nitrogens with zero attached hydrogens (tertiary/aromatic N) is 3. The molecule has 1 amide bonds. The fraction of sp³-hybridized carbons (Fsp3) is 0.0667. The summed E-state index contributed by atoms with van der Waals surface area (Å²) in [5.74, 6) is 0.123. The molecular weight excluding hydrogens is 346 g/mol. The molecule has 9 heteroatoms. The first-order valence-corrected chi connectivity index (χ1v) is 8.77. The molecule has 0 aliphatic carbocycles. The predicted octanol–water partition coefficient (Wildman–Crippen LogP) is 2.00. The van der Waals surface area contributed by atoms with Crippen LogP contribution in [0, 0.1) is 0 Å². The Bertz CT molecular complexity index is 894. The molecule has 0 fully saturated rings. The molecule has 0 unspecified atom stereocenters. The number of thioether (sulfide) groups is 1. The highest BCUT2D eigenvalue weighted by molar-refractivity contribution is 7.99. The number of thiazole rings is 1. The molecule has 122 valence electrons. The quantitative estimate of drug-likeness (QED) is 0.533. The zero-order valence-corrected chi connectivity index (χ0v) is 14.0. The molecule has 0 saturated carbocycles. The van der Waals surface area contributed by atoms with E-state index in [0.29, 0.717) is 10.3 Å². The number of amides is 1. The summed E-state index contributed by atoms with van der Waals surface area (Å²) in [7, 11) is 0. The van der Waals surface area contributed by atoms with Gasteiger partial charge in [0, 0.05) is 23.3 Å². The van der Waals surface area contributed by atoms with Crippen LogP contribution in [0.2, 0.25) is 0 Å². The average Bonchev–Trinajstić information content (AvgIpc) is 3.06. The van der Waals surface area contributed by atoms with Gasteiger partial charge >= 0.3 is 0 Å². The molecule has 0 atom stereocenters. The Balaban J connectivity index is 1.82. The standard InChI is InChI=1S/C15H13N5O2S2/c16-11-8-12(21)19-15(20(11)10-4-2-1-3-5-10)24-9-13(22)18-14-17-6-7-23-14/h1-8H,9,16H2,(H,17,18,22). The van der Waals surface area contributed by atoms with Gasteiger partial charge in [0.15, 0.2) is 10.3 Å². The third-order valence-corrected chi connectivity index (χ3v) is 4.58. The van der Waals surface area contributed by atoms with E-state index < -0.39 is 5.56 Å². The van der Waals surface area contributed by atoms with Crippen molar-refractivity contribution >= 4 is 40.0 Å². The largest absolute Gasteiger partial charge is 0.385 e. The Labute approximate surface area is 145 Å². The molecule has 24 heavy (non-hydrogen) atoms. The summed E-state index contributed by atoms with van der Waals surface area (Å²) in [4.78, 5) is 31.6. The molecule has 2 aromatic heterocycles. The van der Waals surface area contributed by atoms with Gasteiger partial charge in [0.2, 0.25) is 5.91 Å². The first-order chi connectivity index (χ1) is 11.6. The van der Waals surface area contributed by atoms with Gasteiger partial charge in [-0.3, -0.25) is 14.2 Å². The van der Waals surface area contributed by atoms with Crippen LogP contribution in [0.25, 0.3) is 5.69 Å². The number of nitrogens with two attached hydrogens (primary N) is 1. The van der Waals surface area contributed by atoms with E-state index in [9.17, 15) is 9.59 Å². The van der Waals surface area contributed by atoms with Gasteiger partial charge in [-0.1, -0.05) is 30.0 Å². The molecule has 1 aromatic carbocycles. The molecule has 0 spiro atoms. The molecule has 7 nitrogen and oxygen atoms in total. The highest BCUT2D eigenvalue weighted by Gasteiger charge is 2.13. The SMILES string of the molecule is Nc1cc(=O)nc(SCC(=O)Nc2nccs2)n1-c1ccccc1. The number of benzene rings is 1. The minimum atomic E-state index is -0.442. The molecule has 2 heterocycles. The Morgan fingerprint density at radius 1 is 1.33 bits per heavy atom. The zero-order valence-electron chi connectivity index (χ0n) is 12.4. The van der Waals surface area contributed by atoms with Gasteiger partial charge in [0.1, 0.15) is 5.82 Å². The van der Waals surface area contributed by atoms with Crippen LogP contribution in [0.4, 0.5) is 10.9 Å². The van der Waals surface area contributed by atoms with E-state index >= 15 is 0 Å². The number of hydrogen-bond donors (Lipinski definition) is 2. The van der Waals surface area contributed by atoms with Gasteiger partial charge in [0.25, 0.3) is 5.56 Å². The van der Waals surface area contributed by atoms with Crippen molar-refractivity contribution in [3.8, 4) is 5.69 Å². The van der Waals surface area contributed by atoms with Gasteiger partial charge < -0.3 is 11.1 Å². The summed E-state index contributed by atoms with van der Waals surface area (Å²) < 4.78 is 1.64. The molecule has 0 saturated heterocycles. The fourth-order valence-corrected chi connectivity index (χ4v) is 3.35. The van der Waals surface area contributed by atoms with Crippen molar-refractivity contribution in [2.24, 2.45) is 0 Å². The monoisotopic (exact) mass is 359 g/mol. The number of anilines is 2. The predicted molar refractivity (Wildman–Crippen MR) is 95.7 cm³/mol. The lowest BCUT2D eigenvalue weighted by Crippen LogP contribution is -2.19. The van der Waals surface area contributed by atoms with Crippen molar-refractivity contribution in [3.63, 3.8) is 0 Å². The van der Waals surface area contributed by atoms with Gasteiger partial charge in [-0.15, -0.1) is 11.3 Å². The lowest BCUT2D eigenvalue weighted by Gasteiger charge is -2.14. The minimum absolute atomic E-state index is 0.0856. The smallest absolute Gasteiger partial charge is 0.275 e. The van der Waals surface area contributed by atoms with Crippen molar-refractivity contribution in [1.82, 2.24) is 14.5 Å². The van der Waals surface area contributed by atoms with Crippen LogP contribution in [0.1, 0.15) is 0 Å². The zero-order chi connectivity index (χ0) is 16.9. The summed E-state index contributed by atoms with van der Waals surface area (Å²) in [6.45, 7) is 0. The van der Waals surface area contributed by atoms with Crippen LogP contribution in [-0.4, -0.2) is 26.2 Å². The fourth-order valence-electron chi connectivity index (χ4n) is 1.98. The highest BCUT2D eigenvalue weighted by atomic mass is 32.2. The lowest BCUT2D eigenvalue weighted by atomic mass is 10.3. The first-order valence-electron chi connectivity index (χ1n) is 6.90. The summed E-state index contributed by atoms with van der Waals surface area (Å²) in [6.07, 6.45) is 1.61. The average molecular weight is 359 g/mol. The number of carbonyl (C=O) groups excluding carboxylic acids is 1. The number of para-hydroxylation sites is 1. The number of hydrogen-bond acceptors (Lipinski definition) is 7. The molecule has 3 rings (SSSR count). The van der Waals surface area contributed by atoms with Crippen LogP contribution in [0.3, 0.4) is 0 Å². The third kappa shape index (κ3) is 3.81. The normalized spacial score (nSPS) is 10.5. The summed E-state index contributed by atoms with van der Waals surface area (Å²) in [5, 5.41) is 5.35. The number of nitrogen functional groups attached to an aromatic ring is 1. The maximum atomic E-state index is 12.0. The van der Waals surface area contributed by atoms with Crippen LogP contribution < -0.4 is 16.6 Å². The number of nitrogens with one attached hydrogen (secondary N) is 1. The maximum Gasteiger partial charge on any atom is 0.275 e. The van der Waals surface area contributed by atoms with Gasteiger partial charge in [-0.2, -0.15) is 4.98 Å². The van der Waals surface area contributed by atoms with Crippen LogP contribution >= 0.6 is 23.1 Å². The van der Waals surface area contributed by atoms with Crippen LogP contribution in [-0.2, 0) is 4.79 Å².